The third-order valence-electron chi connectivity index (χ3n) is 4.12. The van der Waals surface area contributed by atoms with Gasteiger partial charge in [-0.05, 0) is 25.6 Å². The first-order valence-electron chi connectivity index (χ1n) is 7.91. The Balaban J connectivity index is 0.00000225. The summed E-state index contributed by atoms with van der Waals surface area (Å²) < 4.78 is 0. The molecule has 1 aromatic heterocycles. The second kappa shape index (κ2) is 8.09. The van der Waals surface area contributed by atoms with Gasteiger partial charge in [0.05, 0.1) is 19.0 Å². The van der Waals surface area contributed by atoms with E-state index in [1.54, 1.807) is 24.9 Å². The Morgan fingerprint density at radius 1 is 1.24 bits per heavy atom. The highest BCUT2D eigenvalue weighted by Gasteiger charge is 2.29. The van der Waals surface area contributed by atoms with Crippen molar-refractivity contribution in [1.29, 1.82) is 0 Å². The van der Waals surface area contributed by atoms with E-state index in [1.807, 2.05) is 36.4 Å². The van der Waals surface area contributed by atoms with Crippen LogP contribution >= 0.6 is 12.4 Å². The number of carbonyl (C=O) groups excluding carboxylic acids is 2. The zero-order valence-electron chi connectivity index (χ0n) is 14.2. The molecule has 1 aromatic carbocycles. The van der Waals surface area contributed by atoms with Gasteiger partial charge in [-0.25, -0.2) is 4.98 Å². The number of halogens is 1. The number of anilines is 2. The van der Waals surface area contributed by atoms with Crippen LogP contribution in [0, 0.1) is 0 Å². The first-order chi connectivity index (χ1) is 11.6. The van der Waals surface area contributed by atoms with Gasteiger partial charge >= 0.3 is 0 Å². The smallest absolute Gasteiger partial charge is 0.242 e. The molecule has 0 radical (unpaired) electrons. The Kier molecular flexibility index (Phi) is 6.12. The third-order valence-corrected chi connectivity index (χ3v) is 4.12. The summed E-state index contributed by atoms with van der Waals surface area (Å²) in [5.41, 5.74) is 1.93. The van der Waals surface area contributed by atoms with Crippen molar-refractivity contribution in [3.8, 4) is 0 Å². The molecule has 0 unspecified atom stereocenters. The van der Waals surface area contributed by atoms with Crippen LogP contribution in [0.25, 0.3) is 0 Å². The van der Waals surface area contributed by atoms with Gasteiger partial charge < -0.3 is 10.6 Å². The van der Waals surface area contributed by atoms with Gasteiger partial charge in [0.1, 0.15) is 11.6 Å². The first-order valence-corrected chi connectivity index (χ1v) is 7.91. The van der Waals surface area contributed by atoms with Crippen molar-refractivity contribution in [2.75, 3.05) is 17.3 Å². The van der Waals surface area contributed by atoms with Crippen molar-refractivity contribution in [2.45, 2.75) is 25.9 Å². The van der Waals surface area contributed by atoms with Crippen molar-refractivity contribution < 1.29 is 9.59 Å². The normalized spacial score (nSPS) is 13.8. The van der Waals surface area contributed by atoms with Crippen LogP contribution < -0.4 is 15.5 Å². The summed E-state index contributed by atoms with van der Waals surface area (Å²) in [6.45, 7) is 2.25. The number of aromatic nitrogens is 1. The van der Waals surface area contributed by atoms with Gasteiger partial charge in [0, 0.05) is 5.56 Å². The number of hydrogen-bond donors (Lipinski definition) is 2. The summed E-state index contributed by atoms with van der Waals surface area (Å²) in [5.74, 6) is 0.935. The van der Waals surface area contributed by atoms with E-state index in [0.717, 1.165) is 11.1 Å². The minimum absolute atomic E-state index is 0. The summed E-state index contributed by atoms with van der Waals surface area (Å²) >= 11 is 0. The predicted molar refractivity (Wildman–Crippen MR) is 100.0 cm³/mol. The molecule has 132 valence electrons. The van der Waals surface area contributed by atoms with Crippen LogP contribution in [-0.2, 0) is 22.6 Å². The largest absolute Gasteiger partial charge is 0.309 e. The molecule has 0 saturated heterocycles. The topological polar surface area (TPSA) is 74.3 Å². The molecule has 2 amide bonds. The number of nitrogens with one attached hydrogen (secondary N) is 2. The van der Waals surface area contributed by atoms with Crippen molar-refractivity contribution in [3.63, 3.8) is 0 Å². The molecule has 2 N–H and O–H groups in total. The van der Waals surface area contributed by atoms with Gasteiger partial charge in [0.25, 0.3) is 0 Å². The summed E-state index contributed by atoms with van der Waals surface area (Å²) in [7, 11) is 1.72. The van der Waals surface area contributed by atoms with Gasteiger partial charge in [-0.2, -0.15) is 0 Å². The van der Waals surface area contributed by atoms with Crippen LogP contribution in [-0.4, -0.2) is 29.9 Å². The maximum absolute atomic E-state index is 12.3. The van der Waals surface area contributed by atoms with Crippen molar-refractivity contribution in [3.05, 3.63) is 53.6 Å². The lowest BCUT2D eigenvalue weighted by Gasteiger charge is -2.17. The lowest BCUT2D eigenvalue weighted by molar-refractivity contribution is -0.118. The van der Waals surface area contributed by atoms with Crippen LogP contribution in [0.15, 0.2) is 42.5 Å². The van der Waals surface area contributed by atoms with E-state index in [9.17, 15) is 9.59 Å². The maximum atomic E-state index is 12.3. The van der Waals surface area contributed by atoms with E-state index in [0.29, 0.717) is 24.6 Å². The Hall–Kier alpha value is -2.44. The van der Waals surface area contributed by atoms with Crippen LogP contribution in [0.3, 0.4) is 0 Å². The Morgan fingerprint density at radius 3 is 2.64 bits per heavy atom. The second-order valence-corrected chi connectivity index (χ2v) is 5.82. The zero-order chi connectivity index (χ0) is 17.1. The fourth-order valence-electron chi connectivity index (χ4n) is 2.59. The number of rotatable bonds is 5. The van der Waals surface area contributed by atoms with Crippen LogP contribution in [0.4, 0.5) is 11.6 Å². The number of benzene rings is 1. The standard InChI is InChI=1S/C18H20N4O2.ClH/c1-12(19-2)18(24)21-15-9-8-14-10-16(23)22(17(14)20-15)11-13-6-4-3-5-7-13;/h3-9,12,19H,10-11H2,1-2H3,(H,20,21,24);1H/t12-;/m0./s1. The quantitative estimate of drug-likeness (QED) is 0.856. The molecule has 0 fully saturated rings. The molecule has 1 aliphatic heterocycles. The van der Waals surface area contributed by atoms with E-state index in [4.69, 9.17) is 0 Å². The minimum Gasteiger partial charge on any atom is -0.309 e. The number of likely N-dealkylation sites (N-methyl/N-ethyl adjacent to an activating group) is 1. The number of amides is 2. The molecular formula is C18H21ClN4O2. The zero-order valence-corrected chi connectivity index (χ0v) is 15.0. The summed E-state index contributed by atoms with van der Waals surface area (Å²) in [6, 6.07) is 13.1. The number of fused-ring (bicyclic) bond motifs is 1. The van der Waals surface area contributed by atoms with Gasteiger partial charge in [-0.1, -0.05) is 36.4 Å². The average Bonchev–Trinajstić information content (AvgIpc) is 2.90. The highest BCUT2D eigenvalue weighted by Crippen LogP contribution is 2.29. The van der Waals surface area contributed by atoms with E-state index in [1.165, 1.54) is 0 Å². The molecular weight excluding hydrogens is 340 g/mol. The molecule has 0 bridgehead atoms. The molecule has 1 aliphatic rings. The summed E-state index contributed by atoms with van der Waals surface area (Å²) in [4.78, 5) is 30.5. The van der Waals surface area contributed by atoms with Crippen molar-refractivity contribution >= 4 is 35.9 Å². The van der Waals surface area contributed by atoms with Crippen LogP contribution in [0.2, 0.25) is 0 Å². The maximum Gasteiger partial charge on any atom is 0.242 e. The molecule has 3 rings (SSSR count). The molecule has 6 nitrogen and oxygen atoms in total. The van der Waals surface area contributed by atoms with Crippen molar-refractivity contribution in [2.24, 2.45) is 0 Å². The average molecular weight is 361 g/mol. The predicted octanol–water partition coefficient (Wildman–Crippen LogP) is 2.14. The summed E-state index contributed by atoms with van der Waals surface area (Å²) in [6.07, 6.45) is 0.344. The monoisotopic (exact) mass is 360 g/mol. The Bertz CT molecular complexity index is 767. The fraction of sp³-hybridized carbons (Fsp3) is 0.278. The van der Waals surface area contributed by atoms with Gasteiger partial charge in [-0.3, -0.25) is 14.5 Å². The van der Waals surface area contributed by atoms with E-state index < -0.39 is 0 Å². The van der Waals surface area contributed by atoms with Gasteiger partial charge in [0.15, 0.2) is 0 Å². The van der Waals surface area contributed by atoms with Crippen LogP contribution in [0.5, 0.6) is 0 Å². The molecule has 25 heavy (non-hydrogen) atoms. The third kappa shape index (κ3) is 4.15. The highest BCUT2D eigenvalue weighted by atomic mass is 35.5. The van der Waals surface area contributed by atoms with E-state index in [2.05, 4.69) is 15.6 Å². The lowest BCUT2D eigenvalue weighted by Crippen LogP contribution is -2.35. The number of nitrogens with zero attached hydrogens (tertiary/aromatic N) is 2. The Morgan fingerprint density at radius 2 is 1.96 bits per heavy atom. The second-order valence-electron chi connectivity index (χ2n) is 5.82. The fourth-order valence-corrected chi connectivity index (χ4v) is 2.59. The number of carbonyl (C=O) groups is 2. The van der Waals surface area contributed by atoms with Gasteiger partial charge in [-0.15, -0.1) is 12.4 Å². The molecule has 0 spiro atoms. The first kappa shape index (κ1) is 18.9. The SMILES string of the molecule is CN[C@@H](C)C(=O)Nc1ccc2c(n1)N(Cc1ccccc1)C(=O)C2.Cl. The highest BCUT2D eigenvalue weighted by molar-refractivity contribution is 6.01. The molecule has 7 heteroatoms. The molecule has 2 heterocycles. The number of pyridine rings is 1. The van der Waals surface area contributed by atoms with E-state index in [-0.39, 0.29) is 30.3 Å². The molecule has 1 atom stereocenters. The lowest BCUT2D eigenvalue weighted by atomic mass is 10.2. The van der Waals surface area contributed by atoms with Crippen LogP contribution in [0.1, 0.15) is 18.1 Å². The molecule has 2 aromatic rings. The van der Waals surface area contributed by atoms with Gasteiger partial charge in [0.2, 0.25) is 11.8 Å². The molecule has 0 aliphatic carbocycles. The van der Waals surface area contributed by atoms with Crippen molar-refractivity contribution in [1.82, 2.24) is 10.3 Å². The summed E-state index contributed by atoms with van der Waals surface area (Å²) in [5, 5.41) is 5.65. The Labute approximate surface area is 153 Å². The van der Waals surface area contributed by atoms with E-state index >= 15 is 0 Å². The molecule has 0 saturated carbocycles. The number of hydrogen-bond acceptors (Lipinski definition) is 4. The minimum atomic E-state index is -0.317.